The third-order valence-electron chi connectivity index (χ3n) is 4.23. The van der Waals surface area contributed by atoms with Crippen LogP contribution in [0, 0.1) is 5.82 Å². The molecule has 128 valence electrons. The van der Waals surface area contributed by atoms with Gasteiger partial charge in [-0.25, -0.2) is 19.2 Å². The molecule has 1 aliphatic heterocycles. The third-order valence-corrected chi connectivity index (χ3v) is 4.23. The van der Waals surface area contributed by atoms with Crippen molar-refractivity contribution in [1.29, 1.82) is 0 Å². The average Bonchev–Trinajstić information content (AvgIpc) is 3.25. The van der Waals surface area contributed by atoms with E-state index in [1.54, 1.807) is 33.8 Å². The fraction of sp³-hybridized carbons (Fsp3) is 0.235. The van der Waals surface area contributed by atoms with Gasteiger partial charge in [0, 0.05) is 31.0 Å². The summed E-state index contributed by atoms with van der Waals surface area (Å²) in [5.41, 5.74) is 7.68. The summed E-state index contributed by atoms with van der Waals surface area (Å²) in [5.74, 6) is 0.0126. The standard InChI is InChI=1S/C17H17FN6O/c18-13-4-3-11(7-14(13)22-17(25)23-5-1-2-6-23)15-10-24-9-12(19)8-20-16(24)21-15/h3-4,7-10H,1-2,5-6,19H2,(H,22,25). The van der Waals surface area contributed by atoms with Gasteiger partial charge in [0.2, 0.25) is 5.78 Å². The Morgan fingerprint density at radius 1 is 1.24 bits per heavy atom. The molecule has 3 N–H and O–H groups in total. The predicted molar refractivity (Wildman–Crippen MR) is 92.6 cm³/mol. The number of urea groups is 1. The second kappa shape index (κ2) is 6.04. The highest BCUT2D eigenvalue weighted by atomic mass is 19.1. The molecule has 1 aliphatic rings. The van der Waals surface area contributed by atoms with Crippen LogP contribution in [0.5, 0.6) is 0 Å². The van der Waals surface area contributed by atoms with Gasteiger partial charge in [0.25, 0.3) is 0 Å². The molecule has 1 aromatic carbocycles. The maximum atomic E-state index is 14.1. The quantitative estimate of drug-likeness (QED) is 0.751. The molecule has 1 fully saturated rings. The Hall–Kier alpha value is -3.16. The van der Waals surface area contributed by atoms with E-state index < -0.39 is 5.82 Å². The highest BCUT2D eigenvalue weighted by Crippen LogP contribution is 2.25. The van der Waals surface area contributed by atoms with Crippen molar-refractivity contribution in [3.05, 3.63) is 42.6 Å². The van der Waals surface area contributed by atoms with Gasteiger partial charge in [0.1, 0.15) is 5.82 Å². The first-order valence-corrected chi connectivity index (χ1v) is 8.06. The lowest BCUT2D eigenvalue weighted by molar-refractivity contribution is 0.222. The number of amides is 2. The summed E-state index contributed by atoms with van der Waals surface area (Å²) in [4.78, 5) is 22.4. The number of hydrogen-bond donors (Lipinski definition) is 2. The van der Waals surface area contributed by atoms with E-state index in [-0.39, 0.29) is 11.7 Å². The Morgan fingerprint density at radius 3 is 2.84 bits per heavy atom. The Morgan fingerprint density at radius 2 is 2.04 bits per heavy atom. The first kappa shape index (κ1) is 15.4. The summed E-state index contributed by atoms with van der Waals surface area (Å²) in [5, 5.41) is 2.65. The van der Waals surface area contributed by atoms with Crippen LogP contribution in [0.25, 0.3) is 17.0 Å². The van der Waals surface area contributed by atoms with E-state index >= 15 is 0 Å². The molecule has 4 rings (SSSR count). The zero-order chi connectivity index (χ0) is 17.4. The molecule has 3 aromatic rings. The van der Waals surface area contributed by atoms with Gasteiger partial charge in [-0.3, -0.25) is 4.40 Å². The molecule has 0 bridgehead atoms. The number of halogens is 1. The number of imidazole rings is 1. The highest BCUT2D eigenvalue weighted by molar-refractivity contribution is 5.90. The van der Waals surface area contributed by atoms with Crippen LogP contribution < -0.4 is 11.1 Å². The molecule has 0 unspecified atom stereocenters. The maximum Gasteiger partial charge on any atom is 0.321 e. The van der Waals surface area contributed by atoms with Crippen molar-refractivity contribution in [2.75, 3.05) is 24.1 Å². The van der Waals surface area contributed by atoms with Crippen molar-refractivity contribution >= 4 is 23.2 Å². The van der Waals surface area contributed by atoms with E-state index in [0.29, 0.717) is 35.8 Å². The minimum atomic E-state index is -0.484. The number of rotatable bonds is 2. The van der Waals surface area contributed by atoms with Gasteiger partial charge >= 0.3 is 6.03 Å². The number of anilines is 2. The molecule has 7 nitrogen and oxygen atoms in total. The third kappa shape index (κ3) is 2.98. The molecule has 0 radical (unpaired) electrons. The zero-order valence-electron chi connectivity index (χ0n) is 13.4. The summed E-state index contributed by atoms with van der Waals surface area (Å²) >= 11 is 0. The van der Waals surface area contributed by atoms with E-state index in [9.17, 15) is 9.18 Å². The molecule has 2 aromatic heterocycles. The number of likely N-dealkylation sites (tertiary alicyclic amines) is 1. The fourth-order valence-corrected chi connectivity index (χ4v) is 2.93. The molecule has 8 heteroatoms. The Labute approximate surface area is 143 Å². The lowest BCUT2D eigenvalue weighted by Gasteiger charge is -2.16. The smallest absolute Gasteiger partial charge is 0.321 e. The van der Waals surface area contributed by atoms with Gasteiger partial charge in [-0.1, -0.05) is 0 Å². The Bertz CT molecular complexity index is 947. The van der Waals surface area contributed by atoms with Crippen LogP contribution in [-0.4, -0.2) is 38.4 Å². The van der Waals surface area contributed by atoms with Crippen molar-refractivity contribution < 1.29 is 9.18 Å². The predicted octanol–water partition coefficient (Wildman–Crippen LogP) is 2.75. The van der Waals surface area contributed by atoms with Gasteiger partial charge in [-0.15, -0.1) is 0 Å². The lowest BCUT2D eigenvalue weighted by Crippen LogP contribution is -2.32. The highest BCUT2D eigenvalue weighted by Gasteiger charge is 2.19. The van der Waals surface area contributed by atoms with Gasteiger partial charge in [0.05, 0.1) is 23.3 Å². The van der Waals surface area contributed by atoms with Gasteiger partial charge in [-0.2, -0.15) is 0 Å². The van der Waals surface area contributed by atoms with E-state index in [2.05, 4.69) is 15.3 Å². The van der Waals surface area contributed by atoms with E-state index in [0.717, 1.165) is 12.8 Å². The molecule has 1 saturated heterocycles. The number of carbonyl (C=O) groups is 1. The van der Waals surface area contributed by atoms with Crippen LogP contribution in [0.3, 0.4) is 0 Å². The maximum absolute atomic E-state index is 14.1. The second-order valence-electron chi connectivity index (χ2n) is 6.04. The molecular formula is C17H17FN6O. The van der Waals surface area contributed by atoms with Crippen LogP contribution in [-0.2, 0) is 0 Å². The first-order valence-electron chi connectivity index (χ1n) is 8.06. The molecule has 0 spiro atoms. The van der Waals surface area contributed by atoms with Crippen LogP contribution in [0.1, 0.15) is 12.8 Å². The number of nitrogen functional groups attached to an aromatic ring is 1. The van der Waals surface area contributed by atoms with Crippen molar-refractivity contribution in [3.8, 4) is 11.3 Å². The summed E-state index contributed by atoms with van der Waals surface area (Å²) in [6.45, 7) is 1.40. The lowest BCUT2D eigenvalue weighted by atomic mass is 10.1. The number of nitrogens with one attached hydrogen (secondary N) is 1. The van der Waals surface area contributed by atoms with Gasteiger partial charge < -0.3 is 16.0 Å². The number of hydrogen-bond acceptors (Lipinski definition) is 4. The van der Waals surface area contributed by atoms with Gasteiger partial charge in [-0.05, 0) is 31.0 Å². The molecule has 0 saturated carbocycles. The van der Waals surface area contributed by atoms with Crippen LogP contribution in [0.4, 0.5) is 20.6 Å². The molecular weight excluding hydrogens is 323 g/mol. The minimum absolute atomic E-state index is 0.138. The number of fused-ring (bicyclic) bond motifs is 1. The average molecular weight is 340 g/mol. The van der Waals surface area contributed by atoms with E-state index in [1.807, 2.05) is 0 Å². The zero-order valence-corrected chi connectivity index (χ0v) is 13.4. The summed E-state index contributed by atoms with van der Waals surface area (Å²) in [6, 6.07) is 4.24. The monoisotopic (exact) mass is 340 g/mol. The van der Waals surface area contributed by atoms with Crippen molar-refractivity contribution in [2.45, 2.75) is 12.8 Å². The number of benzene rings is 1. The van der Waals surface area contributed by atoms with Crippen LogP contribution in [0.15, 0.2) is 36.8 Å². The summed E-state index contributed by atoms with van der Waals surface area (Å²) in [6.07, 6.45) is 6.95. The molecule has 3 heterocycles. The molecule has 0 atom stereocenters. The molecule has 2 amide bonds. The van der Waals surface area contributed by atoms with Gasteiger partial charge in [0.15, 0.2) is 0 Å². The largest absolute Gasteiger partial charge is 0.396 e. The Kier molecular flexibility index (Phi) is 3.72. The normalized spacial score (nSPS) is 14.2. The number of aromatic nitrogens is 3. The SMILES string of the molecule is Nc1cnc2nc(-c3ccc(F)c(NC(=O)N4CCCC4)c3)cn2c1. The topological polar surface area (TPSA) is 88.5 Å². The van der Waals surface area contributed by atoms with Crippen LogP contribution >= 0.6 is 0 Å². The van der Waals surface area contributed by atoms with Crippen molar-refractivity contribution in [1.82, 2.24) is 19.3 Å². The molecule has 25 heavy (non-hydrogen) atoms. The van der Waals surface area contributed by atoms with Crippen molar-refractivity contribution in [2.24, 2.45) is 0 Å². The fourth-order valence-electron chi connectivity index (χ4n) is 2.93. The number of carbonyl (C=O) groups excluding carboxylic acids is 1. The second-order valence-corrected chi connectivity index (χ2v) is 6.04. The van der Waals surface area contributed by atoms with Crippen LogP contribution in [0.2, 0.25) is 0 Å². The number of nitrogens with two attached hydrogens (primary N) is 1. The minimum Gasteiger partial charge on any atom is -0.396 e. The van der Waals surface area contributed by atoms with E-state index in [4.69, 9.17) is 5.73 Å². The van der Waals surface area contributed by atoms with Crippen molar-refractivity contribution in [3.63, 3.8) is 0 Å². The van der Waals surface area contributed by atoms with E-state index in [1.165, 1.54) is 12.3 Å². The summed E-state index contributed by atoms with van der Waals surface area (Å²) in [7, 11) is 0. The first-order chi connectivity index (χ1) is 12.1. The number of nitrogens with zero attached hydrogens (tertiary/aromatic N) is 4. The summed E-state index contributed by atoms with van der Waals surface area (Å²) < 4.78 is 15.8. The Balaban J connectivity index is 1.64. The molecule has 0 aliphatic carbocycles.